The minimum absolute atomic E-state index is 0.154. The van der Waals surface area contributed by atoms with Crippen molar-refractivity contribution < 1.29 is 38.1 Å². The maximum absolute atomic E-state index is 14.5. The lowest BCUT2D eigenvalue weighted by Gasteiger charge is -2.47. The van der Waals surface area contributed by atoms with Gasteiger partial charge < -0.3 is 14.6 Å². The lowest BCUT2D eigenvalue weighted by molar-refractivity contribution is -0.132. The number of fused-ring (bicyclic) bond motifs is 4. The molecule has 258 valence electrons. The molecule has 0 spiro atoms. The molecule has 3 aromatic rings. The zero-order valence-electron chi connectivity index (χ0n) is 28.0. The Hall–Kier alpha value is -4.96. The molecular weight excluding hydrogens is 663 g/mol. The normalized spacial score (nSPS) is 27.4. The van der Waals surface area contributed by atoms with E-state index in [2.05, 4.69) is 0 Å². The van der Waals surface area contributed by atoms with Crippen LogP contribution in [0.25, 0.3) is 6.08 Å². The molecule has 4 aliphatic rings. The van der Waals surface area contributed by atoms with Crippen LogP contribution < -0.4 is 19.3 Å². The van der Waals surface area contributed by atoms with Gasteiger partial charge in [-0.3, -0.25) is 24.1 Å². The van der Waals surface area contributed by atoms with Crippen LogP contribution in [0.2, 0.25) is 5.02 Å². The predicted octanol–water partition coefficient (Wildman–Crippen LogP) is 6.75. The molecule has 2 saturated heterocycles. The molecule has 0 bridgehead atoms. The van der Waals surface area contributed by atoms with Crippen molar-refractivity contribution in [3.8, 4) is 17.2 Å². The molecule has 3 fully saturated rings. The number of amides is 4. The van der Waals surface area contributed by atoms with Gasteiger partial charge in [0.25, 0.3) is 0 Å². The van der Waals surface area contributed by atoms with Crippen LogP contribution in [0, 0.1) is 40.8 Å². The van der Waals surface area contributed by atoms with Crippen LogP contribution in [0.4, 0.5) is 15.8 Å². The van der Waals surface area contributed by atoms with E-state index < -0.39 is 52.6 Å². The van der Waals surface area contributed by atoms with E-state index in [1.807, 2.05) is 31.2 Å². The van der Waals surface area contributed by atoms with Crippen molar-refractivity contribution in [1.82, 2.24) is 0 Å². The van der Waals surface area contributed by atoms with Crippen LogP contribution in [-0.2, 0) is 25.6 Å². The first-order chi connectivity index (χ1) is 23.9. The summed E-state index contributed by atoms with van der Waals surface area (Å²) in [6.07, 6.45) is 6.86. The fraction of sp³-hybridized carbons (Fsp3) is 0.333. The van der Waals surface area contributed by atoms with Gasteiger partial charge in [0, 0.05) is 5.92 Å². The molecule has 2 heterocycles. The average molecular weight is 699 g/mol. The van der Waals surface area contributed by atoms with Gasteiger partial charge in [0.2, 0.25) is 29.4 Å². The van der Waals surface area contributed by atoms with E-state index in [0.717, 1.165) is 28.5 Å². The third kappa shape index (κ3) is 4.94. The number of benzene rings is 3. The van der Waals surface area contributed by atoms with Gasteiger partial charge in [-0.25, -0.2) is 9.29 Å². The Kier molecular flexibility index (Phi) is 8.33. The number of phenolic OH excluding ortho intramolecular Hbond substituents is 1. The summed E-state index contributed by atoms with van der Waals surface area (Å²) in [6, 6.07) is 14.3. The number of halogens is 2. The zero-order valence-corrected chi connectivity index (χ0v) is 28.7. The van der Waals surface area contributed by atoms with Crippen molar-refractivity contribution >= 4 is 52.7 Å². The Balaban J connectivity index is 1.33. The summed E-state index contributed by atoms with van der Waals surface area (Å²) in [5.74, 6) is -5.40. The van der Waals surface area contributed by atoms with Gasteiger partial charge in [0.1, 0.15) is 5.82 Å². The van der Waals surface area contributed by atoms with Crippen LogP contribution in [-0.4, -0.2) is 43.0 Å². The number of methoxy groups -OCH3 is 2. The second kappa shape index (κ2) is 12.4. The number of nitrogens with zero attached hydrogens (tertiary/aromatic N) is 2. The van der Waals surface area contributed by atoms with Crippen molar-refractivity contribution in [2.24, 2.45) is 35.0 Å². The highest BCUT2D eigenvalue weighted by atomic mass is 35.5. The van der Waals surface area contributed by atoms with E-state index in [0.29, 0.717) is 17.7 Å². The van der Waals surface area contributed by atoms with E-state index >= 15 is 0 Å². The summed E-state index contributed by atoms with van der Waals surface area (Å²) in [6.45, 7) is 3.78. The largest absolute Gasteiger partial charge is 0.502 e. The Morgan fingerprint density at radius 3 is 2.20 bits per heavy atom. The summed E-state index contributed by atoms with van der Waals surface area (Å²) < 4.78 is 24.8. The molecule has 6 unspecified atom stereocenters. The smallest absolute Gasteiger partial charge is 0.241 e. The molecule has 50 heavy (non-hydrogen) atoms. The summed E-state index contributed by atoms with van der Waals surface area (Å²) in [5, 5.41) is 10.3. The van der Waals surface area contributed by atoms with E-state index in [1.165, 1.54) is 31.3 Å². The number of allylic oxidation sites excluding steroid dienone is 3. The molecule has 7 rings (SSSR count). The number of hydrogen-bond acceptors (Lipinski definition) is 7. The molecule has 0 aromatic heterocycles. The zero-order chi connectivity index (χ0) is 35.6. The molecule has 1 saturated carbocycles. The lowest BCUT2D eigenvalue weighted by atomic mass is 9.52. The van der Waals surface area contributed by atoms with Crippen molar-refractivity contribution in [3.05, 3.63) is 94.3 Å². The third-order valence-corrected chi connectivity index (χ3v) is 11.4. The second-order valence-corrected chi connectivity index (χ2v) is 13.9. The quantitative estimate of drug-likeness (QED) is 0.215. The van der Waals surface area contributed by atoms with Gasteiger partial charge in [-0.2, -0.15) is 0 Å². The van der Waals surface area contributed by atoms with Gasteiger partial charge in [-0.05, 0) is 85.7 Å². The van der Waals surface area contributed by atoms with E-state index in [4.69, 9.17) is 21.1 Å². The van der Waals surface area contributed by atoms with Crippen molar-refractivity contribution in [2.75, 3.05) is 24.0 Å². The van der Waals surface area contributed by atoms with Gasteiger partial charge >= 0.3 is 0 Å². The van der Waals surface area contributed by atoms with Gasteiger partial charge in [-0.15, -0.1) is 0 Å². The van der Waals surface area contributed by atoms with Crippen LogP contribution in [0.15, 0.2) is 72.3 Å². The SMILES string of the molecule is CCc1ccc(N2C(=O)C3CC=C4C(CC5C(=O)N(c6ccc(F)c(Cl)c6)C(=O)C5(C)C4C=Cc4cc(OC)c(O)c(OC)c4)C3C2=O)cc1. The van der Waals surface area contributed by atoms with Gasteiger partial charge in [0.15, 0.2) is 11.5 Å². The Bertz CT molecular complexity index is 1980. The number of carbonyl (C=O) groups excluding carboxylic acids is 4. The molecule has 9 nitrogen and oxygen atoms in total. The molecule has 2 aliphatic heterocycles. The highest BCUT2D eigenvalue weighted by Crippen LogP contribution is 2.61. The first-order valence-corrected chi connectivity index (χ1v) is 17.0. The molecule has 0 radical (unpaired) electrons. The van der Waals surface area contributed by atoms with Crippen LogP contribution in [0.5, 0.6) is 17.2 Å². The minimum Gasteiger partial charge on any atom is -0.502 e. The maximum Gasteiger partial charge on any atom is 0.241 e. The number of rotatable bonds is 7. The van der Waals surface area contributed by atoms with Crippen LogP contribution >= 0.6 is 11.6 Å². The lowest BCUT2D eigenvalue weighted by Crippen LogP contribution is -2.49. The van der Waals surface area contributed by atoms with Crippen LogP contribution in [0.3, 0.4) is 0 Å². The summed E-state index contributed by atoms with van der Waals surface area (Å²) in [7, 11) is 2.84. The van der Waals surface area contributed by atoms with Crippen molar-refractivity contribution in [2.45, 2.75) is 33.1 Å². The number of anilines is 2. The summed E-state index contributed by atoms with van der Waals surface area (Å²) >= 11 is 6.10. The molecule has 4 amide bonds. The van der Waals surface area contributed by atoms with Gasteiger partial charge in [-0.1, -0.05) is 54.5 Å². The Morgan fingerprint density at radius 1 is 0.920 bits per heavy atom. The monoisotopic (exact) mass is 698 g/mol. The standard InChI is InChI=1S/C39H36ClFN2O7/c1-5-20-6-9-22(10-7-20)42-35(45)25-13-12-24-26(33(25)37(42)47)19-28-36(46)43(23-11-15-30(41)29(40)18-23)38(48)39(28,2)27(24)14-8-21-16-31(49-3)34(44)32(17-21)50-4/h6-12,14-18,25-28,33,44H,5,13,19H2,1-4H3. The fourth-order valence-electron chi connectivity index (χ4n) is 8.44. The third-order valence-electron chi connectivity index (χ3n) is 11.1. The van der Waals surface area contributed by atoms with E-state index in [9.17, 15) is 28.7 Å². The molecule has 3 aromatic carbocycles. The number of hydrogen-bond donors (Lipinski definition) is 1. The fourth-order valence-corrected chi connectivity index (χ4v) is 8.62. The number of ether oxygens (including phenoxy) is 2. The highest BCUT2D eigenvalue weighted by Gasteiger charge is 2.67. The predicted molar refractivity (Wildman–Crippen MR) is 185 cm³/mol. The summed E-state index contributed by atoms with van der Waals surface area (Å²) in [5.41, 5.74) is 1.85. The maximum atomic E-state index is 14.5. The highest BCUT2D eigenvalue weighted by molar-refractivity contribution is 6.31. The number of aromatic hydroxyl groups is 1. The average Bonchev–Trinajstić information content (AvgIpc) is 3.48. The summed E-state index contributed by atoms with van der Waals surface area (Å²) in [4.78, 5) is 59.4. The topological polar surface area (TPSA) is 113 Å². The Morgan fingerprint density at radius 2 is 1.58 bits per heavy atom. The number of aryl methyl sites for hydroxylation is 1. The Labute approximate surface area is 293 Å². The first kappa shape index (κ1) is 33.5. The molecular formula is C39H36ClFN2O7. The number of phenols is 1. The van der Waals surface area contributed by atoms with Gasteiger partial charge in [0.05, 0.1) is 53.8 Å². The second-order valence-electron chi connectivity index (χ2n) is 13.5. The van der Waals surface area contributed by atoms with E-state index in [-0.39, 0.29) is 46.2 Å². The van der Waals surface area contributed by atoms with Crippen molar-refractivity contribution in [1.29, 1.82) is 0 Å². The minimum atomic E-state index is -1.30. The molecule has 11 heteroatoms. The molecule has 1 N–H and O–H groups in total. The molecule has 2 aliphatic carbocycles. The van der Waals surface area contributed by atoms with Crippen LogP contribution in [0.1, 0.15) is 37.8 Å². The molecule has 6 atom stereocenters. The number of imide groups is 2. The van der Waals surface area contributed by atoms with Crippen molar-refractivity contribution in [3.63, 3.8) is 0 Å². The first-order valence-electron chi connectivity index (χ1n) is 16.6. The number of carbonyl (C=O) groups is 4. The van der Waals surface area contributed by atoms with E-state index in [1.54, 1.807) is 37.3 Å².